The summed E-state index contributed by atoms with van der Waals surface area (Å²) in [5.41, 5.74) is 2.93. The molecule has 0 aromatic heterocycles. The maximum atomic E-state index is 6.24. The van der Waals surface area contributed by atoms with Crippen LogP contribution in [0, 0.1) is 5.92 Å². The molecule has 0 unspecified atom stereocenters. The predicted molar refractivity (Wildman–Crippen MR) is 83.7 cm³/mol. The van der Waals surface area contributed by atoms with E-state index >= 15 is 0 Å². The fraction of sp³-hybridized carbons (Fsp3) is 0.647. The SMILES string of the molecule is CCc1ccc(CNC2(CCl)CCC(C)CC2)cc1. The van der Waals surface area contributed by atoms with Gasteiger partial charge < -0.3 is 5.32 Å². The molecule has 0 amide bonds. The average molecular weight is 280 g/mol. The Morgan fingerprint density at radius 3 is 2.26 bits per heavy atom. The molecular formula is C17H26ClN. The highest BCUT2D eigenvalue weighted by atomic mass is 35.5. The average Bonchev–Trinajstić information content (AvgIpc) is 2.48. The van der Waals surface area contributed by atoms with E-state index < -0.39 is 0 Å². The Morgan fingerprint density at radius 1 is 1.16 bits per heavy atom. The van der Waals surface area contributed by atoms with Gasteiger partial charge in [-0.05, 0) is 49.1 Å². The summed E-state index contributed by atoms with van der Waals surface area (Å²) in [4.78, 5) is 0. The molecule has 0 saturated heterocycles. The molecule has 106 valence electrons. The first-order chi connectivity index (χ1) is 9.17. The Balaban J connectivity index is 1.91. The molecule has 0 radical (unpaired) electrons. The monoisotopic (exact) mass is 279 g/mol. The van der Waals surface area contributed by atoms with Crippen LogP contribution in [0.1, 0.15) is 50.7 Å². The van der Waals surface area contributed by atoms with Gasteiger partial charge in [0.25, 0.3) is 0 Å². The van der Waals surface area contributed by atoms with Crippen molar-refractivity contribution in [1.29, 1.82) is 0 Å². The summed E-state index contributed by atoms with van der Waals surface area (Å²) >= 11 is 6.24. The summed E-state index contributed by atoms with van der Waals surface area (Å²) in [6.45, 7) is 5.48. The van der Waals surface area contributed by atoms with Crippen molar-refractivity contribution in [1.82, 2.24) is 5.32 Å². The van der Waals surface area contributed by atoms with Crippen molar-refractivity contribution in [2.24, 2.45) is 5.92 Å². The highest BCUT2D eigenvalue weighted by Gasteiger charge is 2.32. The lowest BCUT2D eigenvalue weighted by Gasteiger charge is -2.39. The number of aryl methyl sites for hydroxylation is 1. The molecule has 0 aliphatic heterocycles. The number of hydrogen-bond donors (Lipinski definition) is 1. The van der Waals surface area contributed by atoms with Crippen molar-refractivity contribution < 1.29 is 0 Å². The minimum atomic E-state index is 0.164. The molecule has 1 aliphatic carbocycles. The van der Waals surface area contributed by atoms with Crippen molar-refractivity contribution in [3.8, 4) is 0 Å². The minimum absolute atomic E-state index is 0.164. The van der Waals surface area contributed by atoms with E-state index in [4.69, 9.17) is 11.6 Å². The number of rotatable bonds is 5. The third-order valence-electron chi connectivity index (χ3n) is 4.59. The first kappa shape index (κ1) is 14.9. The molecule has 0 spiro atoms. The number of alkyl halides is 1. The molecule has 1 aliphatic rings. The highest BCUT2D eigenvalue weighted by molar-refractivity contribution is 6.18. The summed E-state index contributed by atoms with van der Waals surface area (Å²) in [5.74, 6) is 1.59. The van der Waals surface area contributed by atoms with E-state index in [2.05, 4.69) is 43.4 Å². The van der Waals surface area contributed by atoms with Crippen LogP contribution in [0.3, 0.4) is 0 Å². The number of benzene rings is 1. The second-order valence-electron chi connectivity index (χ2n) is 6.12. The van der Waals surface area contributed by atoms with E-state index in [0.29, 0.717) is 0 Å². The zero-order valence-corrected chi connectivity index (χ0v) is 13.0. The number of hydrogen-bond acceptors (Lipinski definition) is 1. The van der Waals surface area contributed by atoms with E-state index in [-0.39, 0.29) is 5.54 Å². The second kappa shape index (κ2) is 6.76. The van der Waals surface area contributed by atoms with E-state index in [9.17, 15) is 0 Å². The van der Waals surface area contributed by atoms with Crippen molar-refractivity contribution >= 4 is 11.6 Å². The van der Waals surface area contributed by atoms with Crippen molar-refractivity contribution in [3.05, 3.63) is 35.4 Å². The molecular weight excluding hydrogens is 254 g/mol. The lowest BCUT2D eigenvalue weighted by atomic mass is 9.78. The van der Waals surface area contributed by atoms with Crippen molar-refractivity contribution in [2.45, 2.75) is 58.0 Å². The summed E-state index contributed by atoms with van der Waals surface area (Å²) < 4.78 is 0. The molecule has 0 heterocycles. The predicted octanol–water partition coefficient (Wildman–Crippen LogP) is 4.53. The van der Waals surface area contributed by atoms with Gasteiger partial charge in [0.15, 0.2) is 0 Å². The Bertz CT molecular complexity index is 377. The Hall–Kier alpha value is -0.530. The van der Waals surface area contributed by atoms with Crippen LogP contribution < -0.4 is 5.32 Å². The Kier molecular flexibility index (Phi) is 5.29. The number of halogens is 1. The van der Waals surface area contributed by atoms with Gasteiger partial charge in [-0.25, -0.2) is 0 Å². The van der Waals surface area contributed by atoms with Crippen LogP contribution in [0.2, 0.25) is 0 Å². The zero-order valence-electron chi connectivity index (χ0n) is 12.2. The van der Waals surface area contributed by atoms with E-state index in [0.717, 1.165) is 24.8 Å². The quantitative estimate of drug-likeness (QED) is 0.781. The van der Waals surface area contributed by atoms with E-state index in [1.54, 1.807) is 0 Å². The second-order valence-corrected chi connectivity index (χ2v) is 6.39. The van der Waals surface area contributed by atoms with Crippen molar-refractivity contribution in [3.63, 3.8) is 0 Å². The molecule has 0 bridgehead atoms. The molecule has 1 fully saturated rings. The fourth-order valence-electron chi connectivity index (χ4n) is 2.85. The lowest BCUT2D eigenvalue weighted by molar-refractivity contribution is 0.216. The lowest BCUT2D eigenvalue weighted by Crippen LogP contribution is -2.49. The number of nitrogens with one attached hydrogen (secondary N) is 1. The van der Waals surface area contributed by atoms with Crippen molar-refractivity contribution in [2.75, 3.05) is 5.88 Å². The maximum Gasteiger partial charge on any atom is 0.0406 e. The molecule has 1 nitrogen and oxygen atoms in total. The smallest absolute Gasteiger partial charge is 0.0406 e. The third-order valence-corrected chi connectivity index (χ3v) is 5.10. The van der Waals surface area contributed by atoms with Crippen LogP contribution in [0.5, 0.6) is 0 Å². The normalized spacial score (nSPS) is 27.4. The topological polar surface area (TPSA) is 12.0 Å². The van der Waals surface area contributed by atoms with Gasteiger partial charge in [0, 0.05) is 18.0 Å². The maximum absolute atomic E-state index is 6.24. The first-order valence-electron chi connectivity index (χ1n) is 7.56. The van der Waals surface area contributed by atoms with Crippen LogP contribution in [0.25, 0.3) is 0 Å². The summed E-state index contributed by atoms with van der Waals surface area (Å²) in [5, 5.41) is 3.73. The van der Waals surface area contributed by atoms with Gasteiger partial charge in [0.1, 0.15) is 0 Å². The summed E-state index contributed by atoms with van der Waals surface area (Å²) in [7, 11) is 0. The zero-order chi connectivity index (χ0) is 13.7. The minimum Gasteiger partial charge on any atom is -0.306 e. The van der Waals surface area contributed by atoms with Gasteiger partial charge in [0.05, 0.1) is 0 Å². The Morgan fingerprint density at radius 2 is 1.74 bits per heavy atom. The standard InChI is InChI=1S/C17H26ClN/c1-3-15-4-6-16(7-5-15)12-19-17(13-18)10-8-14(2)9-11-17/h4-7,14,19H,3,8-13H2,1-2H3. The van der Waals surface area contributed by atoms with E-state index in [1.807, 2.05) is 0 Å². The molecule has 2 heteroatoms. The summed E-state index contributed by atoms with van der Waals surface area (Å²) in [6, 6.07) is 8.93. The molecule has 19 heavy (non-hydrogen) atoms. The van der Waals surface area contributed by atoms with Gasteiger partial charge >= 0.3 is 0 Å². The van der Waals surface area contributed by atoms with Crippen LogP contribution in [0.15, 0.2) is 24.3 Å². The Labute approximate surface area is 122 Å². The highest BCUT2D eigenvalue weighted by Crippen LogP contribution is 2.33. The van der Waals surface area contributed by atoms with Gasteiger partial charge in [0.2, 0.25) is 0 Å². The molecule has 2 rings (SSSR count). The molecule has 1 aromatic carbocycles. The van der Waals surface area contributed by atoms with Crippen LogP contribution in [-0.4, -0.2) is 11.4 Å². The summed E-state index contributed by atoms with van der Waals surface area (Å²) in [6.07, 6.45) is 6.13. The largest absolute Gasteiger partial charge is 0.306 e. The van der Waals surface area contributed by atoms with Gasteiger partial charge in [-0.15, -0.1) is 11.6 Å². The molecule has 0 atom stereocenters. The van der Waals surface area contributed by atoms with Crippen LogP contribution in [-0.2, 0) is 13.0 Å². The van der Waals surface area contributed by atoms with Crippen LogP contribution >= 0.6 is 11.6 Å². The first-order valence-corrected chi connectivity index (χ1v) is 8.10. The van der Waals surface area contributed by atoms with E-state index in [1.165, 1.54) is 36.8 Å². The van der Waals surface area contributed by atoms with Gasteiger partial charge in [-0.2, -0.15) is 0 Å². The third kappa shape index (κ3) is 3.97. The molecule has 1 N–H and O–H groups in total. The van der Waals surface area contributed by atoms with Gasteiger partial charge in [-0.1, -0.05) is 38.1 Å². The molecule has 1 aromatic rings. The van der Waals surface area contributed by atoms with Crippen LogP contribution in [0.4, 0.5) is 0 Å². The molecule has 1 saturated carbocycles. The van der Waals surface area contributed by atoms with Gasteiger partial charge in [-0.3, -0.25) is 0 Å². The fourth-order valence-corrected chi connectivity index (χ4v) is 3.22.